The molecule has 0 aliphatic rings. The Kier molecular flexibility index (Phi) is 11.0. The molecule has 0 aliphatic carbocycles. The lowest BCUT2D eigenvalue weighted by Crippen LogP contribution is -2.04. The van der Waals surface area contributed by atoms with Crippen molar-refractivity contribution in [3.63, 3.8) is 0 Å². The standard InChI is InChI=1S/C7H13N3.2C6H11N3.CH4/c1-5(2)10-7(4)8-6(3)9-10;1-5(2)9-4-7-8-6(9)3;1-4(2)6-7-5(3)8-9-6;/h5H,1-4H3;4-5H,1-3H3;4H,1-3H3,(H,7,8,9);1H4. The molecule has 0 radical (unpaired) electrons. The van der Waals surface area contributed by atoms with Gasteiger partial charge in [-0.15, -0.1) is 10.2 Å². The molecule has 1 N–H and O–H groups in total. The Morgan fingerprint density at radius 2 is 1.48 bits per heavy atom. The first-order chi connectivity index (χ1) is 13.0. The number of nitrogens with zero attached hydrogens (tertiary/aromatic N) is 8. The van der Waals surface area contributed by atoms with Crippen molar-refractivity contribution < 1.29 is 0 Å². The van der Waals surface area contributed by atoms with Gasteiger partial charge in [0.25, 0.3) is 0 Å². The lowest BCUT2D eigenvalue weighted by atomic mass is 10.2. The smallest absolute Gasteiger partial charge is 0.153 e. The number of hydrogen-bond acceptors (Lipinski definition) is 6. The van der Waals surface area contributed by atoms with Crippen molar-refractivity contribution in [2.24, 2.45) is 0 Å². The molecule has 0 fully saturated rings. The predicted octanol–water partition coefficient (Wildman–Crippen LogP) is 4.52. The Labute approximate surface area is 175 Å². The summed E-state index contributed by atoms with van der Waals surface area (Å²) in [6.45, 7) is 20.3. The SMILES string of the molecule is C.Cc1nc(C(C)C)n[nH]1.Cc1nc(C)n(C(C)C)n1.Cc1nncn1C(C)C. The highest BCUT2D eigenvalue weighted by atomic mass is 15.4. The third-order valence-electron chi connectivity index (χ3n) is 3.84. The number of aromatic nitrogens is 9. The summed E-state index contributed by atoms with van der Waals surface area (Å²) in [5.74, 6) is 5.03. The van der Waals surface area contributed by atoms with Crippen LogP contribution in [0.5, 0.6) is 0 Å². The summed E-state index contributed by atoms with van der Waals surface area (Å²) in [7, 11) is 0. The first-order valence-corrected chi connectivity index (χ1v) is 9.67. The Morgan fingerprint density at radius 3 is 1.69 bits per heavy atom. The minimum Gasteiger partial charge on any atom is -0.315 e. The van der Waals surface area contributed by atoms with E-state index in [0.717, 1.165) is 29.1 Å². The van der Waals surface area contributed by atoms with Gasteiger partial charge in [-0.2, -0.15) is 10.2 Å². The van der Waals surface area contributed by atoms with Crippen LogP contribution in [0.15, 0.2) is 6.33 Å². The largest absolute Gasteiger partial charge is 0.315 e. The van der Waals surface area contributed by atoms with Gasteiger partial charge in [-0.05, 0) is 55.4 Å². The molecule has 3 aromatic rings. The van der Waals surface area contributed by atoms with E-state index in [9.17, 15) is 0 Å². The van der Waals surface area contributed by atoms with Gasteiger partial charge in [-0.3, -0.25) is 5.10 Å². The summed E-state index contributed by atoms with van der Waals surface area (Å²) in [5, 5.41) is 18.6. The van der Waals surface area contributed by atoms with Gasteiger partial charge in [0, 0.05) is 18.0 Å². The molecule has 0 unspecified atom stereocenters. The van der Waals surface area contributed by atoms with Crippen molar-refractivity contribution in [3.8, 4) is 0 Å². The van der Waals surface area contributed by atoms with Crippen LogP contribution in [0.4, 0.5) is 0 Å². The van der Waals surface area contributed by atoms with Crippen LogP contribution < -0.4 is 0 Å². The van der Waals surface area contributed by atoms with Crippen LogP contribution in [-0.4, -0.2) is 44.7 Å². The van der Waals surface area contributed by atoms with Crippen molar-refractivity contribution >= 4 is 0 Å². The summed E-state index contributed by atoms with van der Waals surface area (Å²) in [4.78, 5) is 8.33. The van der Waals surface area contributed by atoms with Crippen molar-refractivity contribution in [1.82, 2.24) is 44.7 Å². The first kappa shape index (κ1) is 26.4. The second kappa shape index (κ2) is 12.1. The molecule has 9 heteroatoms. The quantitative estimate of drug-likeness (QED) is 0.687. The highest BCUT2D eigenvalue weighted by Gasteiger charge is 2.04. The van der Waals surface area contributed by atoms with E-state index in [0.29, 0.717) is 18.0 Å². The fourth-order valence-electron chi connectivity index (χ4n) is 2.45. The second-order valence-corrected chi connectivity index (χ2v) is 7.56. The lowest BCUT2D eigenvalue weighted by molar-refractivity contribution is 0.514. The molecule has 0 saturated carbocycles. The summed E-state index contributed by atoms with van der Waals surface area (Å²) in [6, 6.07) is 0.890. The third kappa shape index (κ3) is 8.53. The molecule has 0 aromatic carbocycles. The van der Waals surface area contributed by atoms with Crippen LogP contribution in [0, 0.1) is 27.7 Å². The average Bonchev–Trinajstić information content (AvgIpc) is 3.29. The summed E-state index contributed by atoms with van der Waals surface area (Å²) < 4.78 is 3.95. The number of nitrogens with one attached hydrogen (secondary N) is 1. The Balaban J connectivity index is 0.000000399. The number of aryl methyl sites for hydroxylation is 4. The molecule has 9 nitrogen and oxygen atoms in total. The Morgan fingerprint density at radius 1 is 0.862 bits per heavy atom. The molecule has 164 valence electrons. The minimum absolute atomic E-state index is 0. The van der Waals surface area contributed by atoms with Gasteiger partial charge in [0.15, 0.2) is 5.82 Å². The van der Waals surface area contributed by atoms with Gasteiger partial charge in [-0.1, -0.05) is 21.3 Å². The van der Waals surface area contributed by atoms with Crippen molar-refractivity contribution in [2.45, 2.75) is 94.7 Å². The maximum absolute atomic E-state index is 4.22. The molecule has 0 amide bonds. The first-order valence-electron chi connectivity index (χ1n) is 9.67. The number of hydrogen-bond donors (Lipinski definition) is 1. The molecule has 0 aliphatic heterocycles. The second-order valence-electron chi connectivity index (χ2n) is 7.56. The highest BCUT2D eigenvalue weighted by Crippen LogP contribution is 2.06. The Hall–Kier alpha value is -2.58. The summed E-state index contributed by atoms with van der Waals surface area (Å²) in [5.41, 5.74) is 0. The molecular formula is C20H39N9. The van der Waals surface area contributed by atoms with E-state index in [1.807, 2.05) is 36.9 Å². The van der Waals surface area contributed by atoms with Crippen molar-refractivity contribution in [3.05, 3.63) is 35.4 Å². The zero-order valence-electron chi connectivity index (χ0n) is 18.9. The van der Waals surface area contributed by atoms with E-state index < -0.39 is 0 Å². The van der Waals surface area contributed by atoms with E-state index in [2.05, 4.69) is 77.0 Å². The molecule has 3 rings (SSSR count). The summed E-state index contributed by atoms with van der Waals surface area (Å²) in [6.07, 6.45) is 1.75. The van der Waals surface area contributed by atoms with Gasteiger partial charge in [-0.25, -0.2) is 14.6 Å². The number of H-pyrrole nitrogens is 1. The van der Waals surface area contributed by atoms with Gasteiger partial charge in [0.05, 0.1) is 0 Å². The molecule has 3 aromatic heterocycles. The molecule has 0 spiro atoms. The van der Waals surface area contributed by atoms with E-state index >= 15 is 0 Å². The molecule has 0 atom stereocenters. The molecule has 0 bridgehead atoms. The normalized spacial score (nSPS) is 10.4. The lowest BCUT2D eigenvalue weighted by Gasteiger charge is -2.05. The monoisotopic (exact) mass is 405 g/mol. The Bertz CT molecular complexity index is 825. The van der Waals surface area contributed by atoms with E-state index in [1.54, 1.807) is 6.33 Å². The topological polar surface area (TPSA) is 103 Å². The highest BCUT2D eigenvalue weighted by molar-refractivity contribution is 4.92. The molecule has 3 heterocycles. The van der Waals surface area contributed by atoms with E-state index in [-0.39, 0.29) is 7.43 Å². The van der Waals surface area contributed by atoms with Crippen LogP contribution in [0.25, 0.3) is 0 Å². The maximum Gasteiger partial charge on any atom is 0.153 e. The van der Waals surface area contributed by atoms with Crippen LogP contribution >= 0.6 is 0 Å². The molecule has 29 heavy (non-hydrogen) atoms. The van der Waals surface area contributed by atoms with Crippen LogP contribution in [0.2, 0.25) is 0 Å². The van der Waals surface area contributed by atoms with Gasteiger partial charge in [0.2, 0.25) is 0 Å². The maximum atomic E-state index is 4.22. The van der Waals surface area contributed by atoms with Gasteiger partial charge < -0.3 is 4.57 Å². The molecule has 0 saturated heterocycles. The third-order valence-corrected chi connectivity index (χ3v) is 3.84. The van der Waals surface area contributed by atoms with Crippen LogP contribution in [0.3, 0.4) is 0 Å². The van der Waals surface area contributed by atoms with Gasteiger partial charge in [0.1, 0.15) is 29.6 Å². The fourth-order valence-corrected chi connectivity index (χ4v) is 2.45. The van der Waals surface area contributed by atoms with Crippen LogP contribution in [0.1, 0.15) is 96.1 Å². The van der Waals surface area contributed by atoms with E-state index in [4.69, 9.17) is 0 Å². The number of rotatable bonds is 3. The van der Waals surface area contributed by atoms with Crippen LogP contribution in [-0.2, 0) is 0 Å². The predicted molar refractivity (Wildman–Crippen MR) is 117 cm³/mol. The molecular weight excluding hydrogens is 366 g/mol. The van der Waals surface area contributed by atoms with Crippen molar-refractivity contribution in [1.29, 1.82) is 0 Å². The minimum atomic E-state index is 0. The summed E-state index contributed by atoms with van der Waals surface area (Å²) >= 11 is 0. The van der Waals surface area contributed by atoms with Crippen molar-refractivity contribution in [2.75, 3.05) is 0 Å². The van der Waals surface area contributed by atoms with Gasteiger partial charge >= 0.3 is 0 Å². The average molecular weight is 406 g/mol. The van der Waals surface area contributed by atoms with E-state index in [1.165, 1.54) is 0 Å². The fraction of sp³-hybridized carbons (Fsp3) is 0.700. The zero-order valence-corrected chi connectivity index (χ0v) is 18.9. The zero-order chi connectivity index (χ0) is 21.4. The number of aromatic amines is 1.